The van der Waals surface area contributed by atoms with E-state index in [0.717, 1.165) is 8.58 Å². The first-order chi connectivity index (χ1) is 7.16. The number of hydrogen-bond donors (Lipinski definition) is 0. The molecule has 0 unspecified atom stereocenters. The Kier molecular flexibility index (Phi) is 2.91. The van der Waals surface area contributed by atoms with E-state index in [4.69, 9.17) is 0 Å². The number of benzene rings is 1. The molecule has 0 spiro atoms. The van der Waals surface area contributed by atoms with E-state index < -0.39 is 4.92 Å². The van der Waals surface area contributed by atoms with E-state index in [2.05, 4.69) is 31.9 Å². The second-order valence-corrected chi connectivity index (χ2v) is 5.18. The van der Waals surface area contributed by atoms with Crippen molar-refractivity contribution in [1.82, 2.24) is 9.36 Å². The lowest BCUT2D eigenvalue weighted by molar-refractivity contribution is -0.384. The molecule has 0 N–H and O–H groups in total. The van der Waals surface area contributed by atoms with Gasteiger partial charge in [-0.1, -0.05) is 0 Å². The summed E-state index contributed by atoms with van der Waals surface area (Å²) in [5.41, 5.74) is 0.864. The standard InChI is InChI=1S/C8H4IN3O2S/c9-8-10-7(11-15-8)5-1-3-6(4-2-5)12(13)14/h1-4H. The van der Waals surface area contributed by atoms with Gasteiger partial charge in [0.05, 0.1) is 4.92 Å². The van der Waals surface area contributed by atoms with Crippen molar-refractivity contribution in [3.8, 4) is 11.4 Å². The van der Waals surface area contributed by atoms with Crippen molar-refractivity contribution in [2.75, 3.05) is 0 Å². The maximum Gasteiger partial charge on any atom is 0.269 e. The molecule has 1 heterocycles. The maximum absolute atomic E-state index is 10.4. The van der Waals surface area contributed by atoms with Gasteiger partial charge >= 0.3 is 0 Å². The van der Waals surface area contributed by atoms with Crippen LogP contribution in [0.5, 0.6) is 0 Å². The summed E-state index contributed by atoms with van der Waals surface area (Å²) >= 11 is 3.38. The fraction of sp³-hybridized carbons (Fsp3) is 0. The SMILES string of the molecule is O=[N+]([O-])c1ccc(-c2nsc(I)n2)cc1. The predicted octanol–water partition coefficient (Wildman–Crippen LogP) is 2.72. The summed E-state index contributed by atoms with van der Waals surface area (Å²) in [6, 6.07) is 6.19. The van der Waals surface area contributed by atoms with E-state index in [-0.39, 0.29) is 5.69 Å². The van der Waals surface area contributed by atoms with E-state index in [0.29, 0.717) is 5.82 Å². The lowest BCUT2D eigenvalue weighted by Crippen LogP contribution is -1.87. The zero-order valence-corrected chi connectivity index (χ0v) is 10.2. The summed E-state index contributed by atoms with van der Waals surface area (Å²) in [7, 11) is 0. The van der Waals surface area contributed by atoms with Crippen molar-refractivity contribution in [2.24, 2.45) is 0 Å². The Morgan fingerprint density at radius 2 is 2.00 bits per heavy atom. The average Bonchev–Trinajstić information content (AvgIpc) is 2.65. The van der Waals surface area contributed by atoms with Crippen LogP contribution in [0.4, 0.5) is 5.69 Å². The second kappa shape index (κ2) is 4.19. The molecule has 0 radical (unpaired) electrons. The van der Waals surface area contributed by atoms with Crippen molar-refractivity contribution >= 4 is 39.8 Å². The minimum atomic E-state index is -0.429. The largest absolute Gasteiger partial charge is 0.269 e. The highest BCUT2D eigenvalue weighted by atomic mass is 127. The third-order valence-electron chi connectivity index (χ3n) is 1.74. The minimum Gasteiger partial charge on any atom is -0.258 e. The van der Waals surface area contributed by atoms with Crippen LogP contribution < -0.4 is 0 Å². The van der Waals surface area contributed by atoms with Crippen molar-refractivity contribution < 1.29 is 4.92 Å². The Balaban J connectivity index is 2.35. The topological polar surface area (TPSA) is 68.9 Å². The molecule has 2 aromatic rings. The summed E-state index contributed by atoms with van der Waals surface area (Å²) in [5.74, 6) is 0.610. The molecule has 15 heavy (non-hydrogen) atoms. The molecule has 0 bridgehead atoms. The summed E-state index contributed by atoms with van der Waals surface area (Å²) in [6.45, 7) is 0. The highest BCUT2D eigenvalue weighted by Crippen LogP contribution is 2.21. The van der Waals surface area contributed by atoms with Gasteiger partial charge < -0.3 is 0 Å². The summed E-state index contributed by atoms with van der Waals surface area (Å²) in [6.07, 6.45) is 0. The fourth-order valence-corrected chi connectivity index (χ4v) is 2.01. The molecule has 0 amide bonds. The second-order valence-electron chi connectivity index (χ2n) is 2.67. The van der Waals surface area contributed by atoms with E-state index in [1.165, 1.54) is 23.7 Å². The van der Waals surface area contributed by atoms with Gasteiger partial charge in [0.15, 0.2) is 8.84 Å². The van der Waals surface area contributed by atoms with Gasteiger partial charge in [-0.15, -0.1) is 0 Å². The zero-order valence-electron chi connectivity index (χ0n) is 7.25. The summed E-state index contributed by atoms with van der Waals surface area (Å²) < 4.78 is 4.96. The minimum absolute atomic E-state index is 0.0728. The third kappa shape index (κ3) is 2.29. The van der Waals surface area contributed by atoms with Gasteiger partial charge in [0.1, 0.15) is 0 Å². The first-order valence-electron chi connectivity index (χ1n) is 3.91. The molecule has 7 heteroatoms. The van der Waals surface area contributed by atoms with Crippen LogP contribution >= 0.6 is 34.1 Å². The number of hydrogen-bond acceptors (Lipinski definition) is 5. The van der Waals surface area contributed by atoms with E-state index >= 15 is 0 Å². The molecular formula is C8H4IN3O2S. The number of non-ortho nitro benzene ring substituents is 1. The highest BCUT2D eigenvalue weighted by molar-refractivity contribution is 14.1. The first kappa shape index (κ1) is 10.4. The Hall–Kier alpha value is -1.09. The first-order valence-corrected chi connectivity index (χ1v) is 5.76. The molecular weight excluding hydrogens is 329 g/mol. The normalized spacial score (nSPS) is 10.2. The van der Waals surface area contributed by atoms with E-state index in [1.54, 1.807) is 12.1 Å². The van der Waals surface area contributed by atoms with Gasteiger partial charge in [0.25, 0.3) is 5.69 Å². The molecule has 1 aromatic carbocycles. The number of nitro groups is 1. The molecule has 5 nitrogen and oxygen atoms in total. The van der Waals surface area contributed by atoms with Crippen LogP contribution in [0.15, 0.2) is 24.3 Å². The molecule has 0 atom stereocenters. The quantitative estimate of drug-likeness (QED) is 0.481. The van der Waals surface area contributed by atoms with Crippen molar-refractivity contribution in [2.45, 2.75) is 0 Å². The fourth-order valence-electron chi connectivity index (χ4n) is 1.05. The number of aromatic nitrogens is 2. The number of nitro benzene ring substituents is 1. The molecule has 0 aliphatic heterocycles. The van der Waals surface area contributed by atoms with Crippen molar-refractivity contribution in [3.63, 3.8) is 0 Å². The Bertz CT molecular complexity index is 497. The molecule has 76 valence electrons. The van der Waals surface area contributed by atoms with E-state index in [1.807, 2.05) is 0 Å². The van der Waals surface area contributed by atoms with Crippen LogP contribution in [0, 0.1) is 13.1 Å². The molecule has 1 aromatic heterocycles. The van der Waals surface area contributed by atoms with Crippen LogP contribution in [0.1, 0.15) is 0 Å². The summed E-state index contributed by atoms with van der Waals surface area (Å²) in [5, 5.41) is 10.4. The van der Waals surface area contributed by atoms with Gasteiger partial charge in [-0.2, -0.15) is 4.37 Å². The highest BCUT2D eigenvalue weighted by Gasteiger charge is 2.08. The summed E-state index contributed by atoms with van der Waals surface area (Å²) in [4.78, 5) is 14.2. The average molecular weight is 333 g/mol. The lowest BCUT2D eigenvalue weighted by atomic mass is 10.2. The third-order valence-corrected chi connectivity index (χ3v) is 3.08. The van der Waals surface area contributed by atoms with Crippen LogP contribution in [0.25, 0.3) is 11.4 Å². The number of halogens is 1. The Morgan fingerprint density at radius 3 is 2.47 bits per heavy atom. The van der Waals surface area contributed by atoms with Crippen molar-refractivity contribution in [1.29, 1.82) is 0 Å². The lowest BCUT2D eigenvalue weighted by Gasteiger charge is -1.94. The van der Waals surface area contributed by atoms with Crippen molar-refractivity contribution in [3.05, 3.63) is 37.4 Å². The molecule has 0 saturated carbocycles. The van der Waals surface area contributed by atoms with Gasteiger partial charge in [-0.3, -0.25) is 10.1 Å². The van der Waals surface area contributed by atoms with Gasteiger partial charge in [0.2, 0.25) is 0 Å². The van der Waals surface area contributed by atoms with Crippen LogP contribution in [-0.4, -0.2) is 14.3 Å². The van der Waals surface area contributed by atoms with Gasteiger partial charge in [0, 0.05) is 17.7 Å². The van der Waals surface area contributed by atoms with Crippen LogP contribution in [0.3, 0.4) is 0 Å². The number of nitrogens with zero attached hydrogens (tertiary/aromatic N) is 3. The van der Waals surface area contributed by atoms with Gasteiger partial charge in [-0.25, -0.2) is 4.98 Å². The molecule has 0 fully saturated rings. The molecule has 0 aliphatic rings. The van der Waals surface area contributed by atoms with Gasteiger partial charge in [-0.05, 0) is 46.3 Å². The predicted molar refractivity (Wildman–Crippen MR) is 64.7 cm³/mol. The van der Waals surface area contributed by atoms with Crippen LogP contribution in [-0.2, 0) is 0 Å². The monoisotopic (exact) mass is 333 g/mol. The molecule has 2 rings (SSSR count). The Labute approximate surface area is 103 Å². The smallest absolute Gasteiger partial charge is 0.258 e. The van der Waals surface area contributed by atoms with E-state index in [9.17, 15) is 10.1 Å². The Morgan fingerprint density at radius 1 is 1.33 bits per heavy atom. The molecule has 0 saturated heterocycles. The number of rotatable bonds is 2. The zero-order chi connectivity index (χ0) is 10.8. The van der Waals surface area contributed by atoms with Crippen LogP contribution in [0.2, 0.25) is 0 Å². The molecule has 0 aliphatic carbocycles. The maximum atomic E-state index is 10.4.